The highest BCUT2D eigenvalue weighted by Crippen LogP contribution is 2.14. The van der Waals surface area contributed by atoms with E-state index in [0.717, 1.165) is 11.5 Å². The van der Waals surface area contributed by atoms with Gasteiger partial charge in [-0.25, -0.2) is 4.98 Å². The molecule has 1 aromatic heterocycles. The van der Waals surface area contributed by atoms with E-state index >= 15 is 0 Å². The van der Waals surface area contributed by atoms with Gasteiger partial charge >= 0.3 is 0 Å². The molecule has 0 aliphatic carbocycles. The van der Waals surface area contributed by atoms with Crippen LogP contribution in [-0.4, -0.2) is 44.8 Å². The third kappa shape index (κ3) is 2.57. The zero-order valence-corrected chi connectivity index (χ0v) is 9.37. The molecule has 0 saturated carbocycles. The average molecular weight is 227 g/mol. The first-order chi connectivity index (χ1) is 7.27. The molecule has 82 valence electrons. The number of hydrogen-bond donors (Lipinski definition) is 0. The van der Waals surface area contributed by atoms with Crippen molar-refractivity contribution >= 4 is 17.5 Å². The number of ether oxygens (including phenoxy) is 1. The van der Waals surface area contributed by atoms with Crippen molar-refractivity contribution in [1.29, 1.82) is 0 Å². The summed E-state index contributed by atoms with van der Waals surface area (Å²) in [6, 6.07) is 0. The Hall–Kier alpha value is -0.880. The Labute approximate surface area is 92.2 Å². The minimum Gasteiger partial charge on any atom is -0.369 e. The molecule has 0 spiro atoms. The number of Topliss-reactive ketones (excluding diaryl/α,β-unsaturated/α-hetero) is 1. The smallest absolute Gasteiger partial charge is 0.169 e. The summed E-state index contributed by atoms with van der Waals surface area (Å²) in [6.45, 7) is 0.667. The normalized spacial score (nSPS) is 21.5. The molecule has 1 atom stereocenters. The Balaban J connectivity index is 1.94. The molecule has 1 aromatic rings. The molecule has 1 fully saturated rings. The third-order valence-electron chi connectivity index (χ3n) is 2.31. The fourth-order valence-electron chi connectivity index (χ4n) is 1.42. The lowest BCUT2D eigenvalue weighted by molar-refractivity contribution is -0.128. The van der Waals surface area contributed by atoms with Crippen LogP contribution in [0.15, 0.2) is 6.33 Å². The van der Waals surface area contributed by atoms with Crippen LogP contribution >= 0.6 is 11.8 Å². The number of thioether (sulfide) groups is 1. The molecule has 0 aromatic carbocycles. The topological polar surface area (TPSA) is 57.0 Å². The Kier molecular flexibility index (Phi) is 3.37. The molecule has 1 aliphatic heterocycles. The lowest BCUT2D eigenvalue weighted by Gasteiger charge is -2.20. The molecule has 1 unspecified atom stereocenters. The Morgan fingerprint density at radius 1 is 1.80 bits per heavy atom. The van der Waals surface area contributed by atoms with Gasteiger partial charge in [0.2, 0.25) is 0 Å². The highest BCUT2D eigenvalue weighted by molar-refractivity contribution is 7.99. The summed E-state index contributed by atoms with van der Waals surface area (Å²) in [5.41, 5.74) is 0. The van der Waals surface area contributed by atoms with E-state index in [0.29, 0.717) is 18.9 Å². The summed E-state index contributed by atoms with van der Waals surface area (Å²) < 4.78 is 7.02. The van der Waals surface area contributed by atoms with Crippen LogP contribution in [0.5, 0.6) is 0 Å². The van der Waals surface area contributed by atoms with Crippen molar-refractivity contribution in [2.75, 3.05) is 18.1 Å². The maximum absolute atomic E-state index is 11.8. The van der Waals surface area contributed by atoms with Gasteiger partial charge in [0, 0.05) is 18.6 Å². The number of carbonyl (C=O) groups is 1. The number of nitrogens with zero attached hydrogens (tertiary/aromatic N) is 3. The first-order valence-electron chi connectivity index (χ1n) is 4.82. The van der Waals surface area contributed by atoms with Gasteiger partial charge < -0.3 is 4.74 Å². The van der Waals surface area contributed by atoms with E-state index in [9.17, 15) is 4.79 Å². The first-order valence-corrected chi connectivity index (χ1v) is 5.98. The van der Waals surface area contributed by atoms with Gasteiger partial charge in [0.25, 0.3) is 0 Å². The minimum absolute atomic E-state index is 0.0956. The van der Waals surface area contributed by atoms with Crippen molar-refractivity contribution in [3.8, 4) is 0 Å². The van der Waals surface area contributed by atoms with Crippen LogP contribution in [0.1, 0.15) is 5.82 Å². The molecule has 1 saturated heterocycles. The SMILES string of the molecule is Cn1ncnc1CC(=O)C1CSCCO1. The van der Waals surface area contributed by atoms with Crippen molar-refractivity contribution in [3.05, 3.63) is 12.2 Å². The molecule has 6 heteroatoms. The monoisotopic (exact) mass is 227 g/mol. The standard InChI is InChI=1S/C9H13N3O2S/c1-12-9(10-6-11-12)4-7(13)8-5-15-3-2-14-8/h6,8H,2-5H2,1H3. The van der Waals surface area contributed by atoms with Crippen LogP contribution in [0.25, 0.3) is 0 Å². The third-order valence-corrected chi connectivity index (χ3v) is 3.31. The quantitative estimate of drug-likeness (QED) is 0.730. The minimum atomic E-state index is -0.263. The van der Waals surface area contributed by atoms with Crippen molar-refractivity contribution in [2.45, 2.75) is 12.5 Å². The molecule has 2 rings (SSSR count). The van der Waals surface area contributed by atoms with E-state index < -0.39 is 0 Å². The summed E-state index contributed by atoms with van der Waals surface area (Å²) >= 11 is 1.76. The number of hydrogen-bond acceptors (Lipinski definition) is 5. The fraction of sp³-hybridized carbons (Fsp3) is 0.667. The van der Waals surface area contributed by atoms with Gasteiger partial charge in [0.15, 0.2) is 5.78 Å². The van der Waals surface area contributed by atoms with Gasteiger partial charge in [-0.15, -0.1) is 0 Å². The second-order valence-electron chi connectivity index (χ2n) is 3.38. The Bertz CT molecular complexity index is 347. The van der Waals surface area contributed by atoms with E-state index in [1.807, 2.05) is 0 Å². The molecular formula is C9H13N3O2S. The molecule has 0 N–H and O–H groups in total. The number of aromatic nitrogens is 3. The lowest BCUT2D eigenvalue weighted by atomic mass is 10.2. The lowest BCUT2D eigenvalue weighted by Crippen LogP contribution is -2.33. The van der Waals surface area contributed by atoms with Crippen LogP contribution in [0.3, 0.4) is 0 Å². The van der Waals surface area contributed by atoms with E-state index in [2.05, 4.69) is 10.1 Å². The van der Waals surface area contributed by atoms with Gasteiger partial charge in [0.05, 0.1) is 13.0 Å². The number of aryl methyl sites for hydroxylation is 1. The summed E-state index contributed by atoms with van der Waals surface area (Å²) in [6.07, 6.45) is 1.50. The predicted molar refractivity (Wildman–Crippen MR) is 56.8 cm³/mol. The molecule has 5 nitrogen and oxygen atoms in total. The Morgan fingerprint density at radius 2 is 2.67 bits per heavy atom. The second-order valence-corrected chi connectivity index (χ2v) is 4.53. The molecule has 0 radical (unpaired) electrons. The van der Waals surface area contributed by atoms with E-state index in [4.69, 9.17) is 4.74 Å². The van der Waals surface area contributed by atoms with Crippen LogP contribution < -0.4 is 0 Å². The first kappa shape index (κ1) is 10.6. The van der Waals surface area contributed by atoms with Crippen LogP contribution in [0.4, 0.5) is 0 Å². The van der Waals surface area contributed by atoms with Crippen molar-refractivity contribution in [3.63, 3.8) is 0 Å². The highest BCUT2D eigenvalue weighted by atomic mass is 32.2. The van der Waals surface area contributed by atoms with E-state index in [1.165, 1.54) is 6.33 Å². The summed E-state index contributed by atoms with van der Waals surface area (Å²) in [7, 11) is 1.78. The largest absolute Gasteiger partial charge is 0.369 e. The van der Waals surface area contributed by atoms with Gasteiger partial charge in [-0.3, -0.25) is 9.48 Å². The fourth-order valence-corrected chi connectivity index (χ4v) is 2.30. The number of carbonyl (C=O) groups excluding carboxylic acids is 1. The molecule has 15 heavy (non-hydrogen) atoms. The van der Waals surface area contributed by atoms with E-state index in [-0.39, 0.29) is 11.9 Å². The second kappa shape index (κ2) is 4.76. The Morgan fingerprint density at radius 3 is 3.27 bits per heavy atom. The molecule has 2 heterocycles. The summed E-state index contributed by atoms with van der Waals surface area (Å²) in [4.78, 5) is 15.8. The number of ketones is 1. The van der Waals surface area contributed by atoms with Crippen LogP contribution in [0.2, 0.25) is 0 Å². The number of rotatable bonds is 3. The zero-order chi connectivity index (χ0) is 10.7. The summed E-state index contributed by atoms with van der Waals surface area (Å²) in [5, 5.41) is 3.92. The van der Waals surface area contributed by atoms with Crippen molar-refractivity contribution in [1.82, 2.24) is 14.8 Å². The summed E-state index contributed by atoms with van der Waals surface area (Å²) in [5.74, 6) is 2.53. The molecule has 0 amide bonds. The van der Waals surface area contributed by atoms with Gasteiger partial charge in [-0.05, 0) is 0 Å². The van der Waals surface area contributed by atoms with Crippen molar-refractivity contribution < 1.29 is 9.53 Å². The predicted octanol–water partition coefficient (Wildman–Crippen LogP) is 0.0587. The maximum Gasteiger partial charge on any atom is 0.169 e. The van der Waals surface area contributed by atoms with E-state index in [1.54, 1.807) is 23.5 Å². The molecule has 0 bridgehead atoms. The van der Waals surface area contributed by atoms with Gasteiger partial charge in [-0.1, -0.05) is 0 Å². The van der Waals surface area contributed by atoms with Crippen molar-refractivity contribution in [2.24, 2.45) is 7.05 Å². The molecule has 1 aliphatic rings. The molecular weight excluding hydrogens is 214 g/mol. The van der Waals surface area contributed by atoms with Crippen LogP contribution in [-0.2, 0) is 23.0 Å². The maximum atomic E-state index is 11.8. The van der Waals surface area contributed by atoms with Gasteiger partial charge in [-0.2, -0.15) is 16.9 Å². The van der Waals surface area contributed by atoms with Gasteiger partial charge in [0.1, 0.15) is 18.3 Å². The average Bonchev–Trinajstić information content (AvgIpc) is 2.66. The van der Waals surface area contributed by atoms with Crippen LogP contribution in [0, 0.1) is 0 Å². The highest BCUT2D eigenvalue weighted by Gasteiger charge is 2.23. The zero-order valence-electron chi connectivity index (χ0n) is 8.55.